The zero-order valence-electron chi connectivity index (χ0n) is 11.4. The molecular weight excluding hydrogens is 296 g/mol. The molecule has 2 rings (SSSR count). The second-order valence-electron chi connectivity index (χ2n) is 4.72. The summed E-state index contributed by atoms with van der Waals surface area (Å²) in [7, 11) is -3.83. The summed E-state index contributed by atoms with van der Waals surface area (Å²) in [5.74, 6) is 0. The molecule has 0 bridgehead atoms. The van der Waals surface area contributed by atoms with Gasteiger partial charge in [-0.25, -0.2) is 13.6 Å². The average Bonchev–Trinajstić information content (AvgIpc) is 2.84. The number of nitrogens with two attached hydrogens (primary N) is 1. The molecule has 4 nitrogen and oxygen atoms in total. The van der Waals surface area contributed by atoms with Gasteiger partial charge in [0.25, 0.3) is 0 Å². The number of aromatic nitrogens is 1. The van der Waals surface area contributed by atoms with Crippen molar-refractivity contribution in [2.24, 2.45) is 5.14 Å². The van der Waals surface area contributed by atoms with Gasteiger partial charge in [0.1, 0.15) is 4.90 Å². The molecule has 0 radical (unpaired) electrons. The molecule has 0 saturated carbocycles. The Kier molecular flexibility index (Phi) is 4.22. The van der Waals surface area contributed by atoms with E-state index in [0.29, 0.717) is 12.0 Å². The van der Waals surface area contributed by atoms with Crippen molar-refractivity contribution >= 4 is 21.6 Å². The summed E-state index contributed by atoms with van der Waals surface area (Å²) in [6.07, 6.45) is 5.36. The summed E-state index contributed by atoms with van der Waals surface area (Å²) in [6.45, 7) is 3.72. The Labute approximate surface area is 124 Å². The Balaban J connectivity index is 2.79. The minimum Gasteiger partial charge on any atom is -0.324 e. The molecule has 0 aliphatic carbocycles. The van der Waals surface area contributed by atoms with Gasteiger partial charge in [0.05, 0.1) is 5.02 Å². The van der Waals surface area contributed by atoms with Crippen molar-refractivity contribution in [3.05, 3.63) is 46.7 Å². The summed E-state index contributed by atoms with van der Waals surface area (Å²) < 4.78 is 25.4. The summed E-state index contributed by atoms with van der Waals surface area (Å²) in [5.41, 5.74) is 2.26. The predicted octanol–water partition coefficient (Wildman–Crippen LogP) is 3.04. The highest BCUT2D eigenvalue weighted by molar-refractivity contribution is 7.89. The van der Waals surface area contributed by atoms with Crippen LogP contribution in [0.4, 0.5) is 0 Å². The van der Waals surface area contributed by atoms with E-state index in [1.54, 1.807) is 6.92 Å². The van der Waals surface area contributed by atoms with E-state index in [9.17, 15) is 8.42 Å². The molecule has 0 saturated heterocycles. The third kappa shape index (κ3) is 2.75. The lowest BCUT2D eigenvalue weighted by molar-refractivity contribution is 0.597. The maximum absolute atomic E-state index is 11.7. The zero-order chi connectivity index (χ0) is 14.9. The third-order valence-electron chi connectivity index (χ3n) is 3.15. The van der Waals surface area contributed by atoms with Crippen molar-refractivity contribution in [3.63, 3.8) is 0 Å². The van der Waals surface area contributed by atoms with E-state index in [4.69, 9.17) is 16.7 Å². The zero-order valence-corrected chi connectivity index (χ0v) is 13.0. The van der Waals surface area contributed by atoms with Gasteiger partial charge in [-0.3, -0.25) is 0 Å². The molecule has 108 valence electrons. The number of benzene rings is 1. The van der Waals surface area contributed by atoms with E-state index < -0.39 is 10.0 Å². The standard InChI is InChI=1S/C14H17ClN2O2S/c1-3-6-11-12(17-7-4-5-8-17)9-10(2)14(13(11)15)20(16,18)19/h4-5,7-9H,3,6H2,1-2H3,(H2,16,18,19). The molecule has 0 aliphatic heterocycles. The lowest BCUT2D eigenvalue weighted by Crippen LogP contribution is -2.16. The molecule has 2 N–H and O–H groups in total. The number of aryl methyl sites for hydroxylation is 1. The van der Waals surface area contributed by atoms with Gasteiger partial charge in [-0.15, -0.1) is 0 Å². The van der Waals surface area contributed by atoms with Crippen LogP contribution in [0.25, 0.3) is 5.69 Å². The van der Waals surface area contributed by atoms with E-state index in [-0.39, 0.29) is 9.92 Å². The summed E-state index contributed by atoms with van der Waals surface area (Å²) in [5, 5.41) is 5.51. The van der Waals surface area contributed by atoms with Gasteiger partial charge in [-0.05, 0) is 42.7 Å². The van der Waals surface area contributed by atoms with Gasteiger partial charge in [-0.2, -0.15) is 0 Å². The molecule has 0 unspecified atom stereocenters. The van der Waals surface area contributed by atoms with Crippen LogP contribution in [0.5, 0.6) is 0 Å². The van der Waals surface area contributed by atoms with E-state index in [0.717, 1.165) is 17.7 Å². The van der Waals surface area contributed by atoms with E-state index >= 15 is 0 Å². The van der Waals surface area contributed by atoms with E-state index in [1.807, 2.05) is 42.1 Å². The van der Waals surface area contributed by atoms with Crippen LogP contribution in [0.1, 0.15) is 24.5 Å². The summed E-state index contributed by atoms with van der Waals surface area (Å²) in [4.78, 5) is 0.0264. The molecule has 1 aromatic heterocycles. The molecule has 0 amide bonds. The molecule has 6 heteroatoms. The molecule has 0 fully saturated rings. The topological polar surface area (TPSA) is 65.1 Å². The van der Waals surface area contributed by atoms with Crippen molar-refractivity contribution < 1.29 is 8.42 Å². The van der Waals surface area contributed by atoms with Crippen LogP contribution in [-0.2, 0) is 16.4 Å². The number of halogens is 1. The molecule has 0 aliphatic rings. The number of sulfonamides is 1. The van der Waals surface area contributed by atoms with Crippen molar-refractivity contribution in [1.82, 2.24) is 4.57 Å². The van der Waals surface area contributed by atoms with Gasteiger partial charge in [-0.1, -0.05) is 24.9 Å². The van der Waals surface area contributed by atoms with Gasteiger partial charge >= 0.3 is 0 Å². The highest BCUT2D eigenvalue weighted by Crippen LogP contribution is 2.33. The SMILES string of the molecule is CCCc1c(-n2cccc2)cc(C)c(S(N)(=O)=O)c1Cl. The first-order chi connectivity index (χ1) is 9.36. The maximum Gasteiger partial charge on any atom is 0.239 e. The van der Waals surface area contributed by atoms with Crippen LogP contribution in [0.2, 0.25) is 5.02 Å². The molecule has 0 spiro atoms. The fourth-order valence-electron chi connectivity index (χ4n) is 2.34. The van der Waals surface area contributed by atoms with Crippen molar-refractivity contribution in [2.45, 2.75) is 31.6 Å². The highest BCUT2D eigenvalue weighted by atomic mass is 35.5. The minimum absolute atomic E-state index is 0.0264. The van der Waals surface area contributed by atoms with Gasteiger partial charge < -0.3 is 4.57 Å². The summed E-state index contributed by atoms with van der Waals surface area (Å²) in [6, 6.07) is 5.63. The highest BCUT2D eigenvalue weighted by Gasteiger charge is 2.22. The lowest BCUT2D eigenvalue weighted by atomic mass is 10.0. The Hall–Kier alpha value is -1.30. The molecule has 20 heavy (non-hydrogen) atoms. The molecule has 0 atom stereocenters. The van der Waals surface area contributed by atoms with Crippen LogP contribution >= 0.6 is 11.6 Å². The Morgan fingerprint density at radius 2 is 1.90 bits per heavy atom. The van der Waals surface area contributed by atoms with Crippen LogP contribution in [0.3, 0.4) is 0 Å². The van der Waals surface area contributed by atoms with Gasteiger partial charge in [0.2, 0.25) is 10.0 Å². The minimum atomic E-state index is -3.83. The first-order valence-corrected chi connectivity index (χ1v) is 8.26. The number of nitrogens with zero attached hydrogens (tertiary/aromatic N) is 1. The number of rotatable bonds is 4. The smallest absolute Gasteiger partial charge is 0.239 e. The molecule has 2 aromatic rings. The Morgan fingerprint density at radius 3 is 2.40 bits per heavy atom. The van der Waals surface area contributed by atoms with Gasteiger partial charge in [0.15, 0.2) is 0 Å². The van der Waals surface area contributed by atoms with Crippen molar-refractivity contribution in [2.75, 3.05) is 0 Å². The second kappa shape index (κ2) is 5.60. The molecule has 1 heterocycles. The Morgan fingerprint density at radius 1 is 1.30 bits per heavy atom. The summed E-state index contributed by atoms with van der Waals surface area (Å²) >= 11 is 6.33. The molecule has 1 aromatic carbocycles. The van der Waals surface area contributed by atoms with Crippen LogP contribution in [-0.4, -0.2) is 13.0 Å². The largest absolute Gasteiger partial charge is 0.324 e. The van der Waals surface area contributed by atoms with Crippen LogP contribution in [0, 0.1) is 6.92 Å². The van der Waals surface area contributed by atoms with Crippen molar-refractivity contribution in [1.29, 1.82) is 0 Å². The van der Waals surface area contributed by atoms with Crippen LogP contribution < -0.4 is 5.14 Å². The number of hydrogen-bond donors (Lipinski definition) is 1. The first kappa shape index (κ1) is 15.1. The van der Waals surface area contributed by atoms with Gasteiger partial charge in [0, 0.05) is 18.1 Å². The maximum atomic E-state index is 11.7. The lowest BCUT2D eigenvalue weighted by Gasteiger charge is -2.17. The third-order valence-corrected chi connectivity index (χ3v) is 4.78. The fourth-order valence-corrected chi connectivity index (χ4v) is 3.89. The Bertz CT molecular complexity index is 722. The second-order valence-corrected chi connectivity index (χ2v) is 6.60. The normalized spacial score (nSPS) is 11.8. The fraction of sp³-hybridized carbons (Fsp3) is 0.286. The van der Waals surface area contributed by atoms with Crippen molar-refractivity contribution in [3.8, 4) is 5.69 Å². The number of primary sulfonamides is 1. The first-order valence-electron chi connectivity index (χ1n) is 6.34. The quantitative estimate of drug-likeness (QED) is 0.943. The van der Waals surface area contributed by atoms with E-state index in [2.05, 4.69) is 0 Å². The average molecular weight is 313 g/mol. The van der Waals surface area contributed by atoms with Crippen LogP contribution in [0.15, 0.2) is 35.5 Å². The van der Waals surface area contributed by atoms with E-state index in [1.165, 1.54) is 0 Å². The monoisotopic (exact) mass is 312 g/mol. The predicted molar refractivity (Wildman–Crippen MR) is 80.9 cm³/mol. The molecular formula is C14H17ClN2O2S. The number of hydrogen-bond acceptors (Lipinski definition) is 2.